The van der Waals surface area contributed by atoms with Crippen molar-refractivity contribution < 1.29 is 23.9 Å². The van der Waals surface area contributed by atoms with Crippen LogP contribution in [0.2, 0.25) is 0 Å². The van der Waals surface area contributed by atoms with E-state index in [1.807, 2.05) is 0 Å². The van der Waals surface area contributed by atoms with Gasteiger partial charge in [-0.15, -0.1) is 0 Å². The molecule has 0 saturated heterocycles. The molecule has 0 aliphatic rings. The number of hydrogen-bond donors (Lipinski definition) is 0. The smallest absolute Gasteiger partial charge is 0.308 e. The topological polar surface area (TPSA) is 69.7 Å². The molecule has 18 heavy (non-hydrogen) atoms. The molecule has 0 unspecified atom stereocenters. The van der Waals surface area contributed by atoms with Crippen LogP contribution in [0.4, 0.5) is 0 Å². The lowest BCUT2D eigenvalue weighted by Crippen LogP contribution is -2.08. The molecule has 0 heterocycles. The van der Waals surface area contributed by atoms with Crippen molar-refractivity contribution in [1.29, 1.82) is 0 Å². The fourth-order valence-electron chi connectivity index (χ4n) is 1.33. The molecule has 0 atom stereocenters. The fraction of sp³-hybridized carbons (Fsp3) is 0.308. The van der Waals surface area contributed by atoms with Crippen LogP contribution in [0, 0.1) is 0 Å². The molecule has 1 aromatic carbocycles. The number of ether oxygens (including phenoxy) is 2. The van der Waals surface area contributed by atoms with Gasteiger partial charge in [-0.1, -0.05) is 12.1 Å². The zero-order valence-corrected chi connectivity index (χ0v) is 10.3. The second-order valence-electron chi connectivity index (χ2n) is 3.63. The van der Waals surface area contributed by atoms with Crippen LogP contribution < -0.4 is 4.74 Å². The minimum absolute atomic E-state index is 0.0476. The Kier molecular flexibility index (Phi) is 5.05. The maximum absolute atomic E-state index is 11.7. The molecule has 0 aliphatic heterocycles. The maximum atomic E-state index is 11.7. The zero-order chi connectivity index (χ0) is 13.5. The number of rotatable bonds is 5. The first-order valence-electron chi connectivity index (χ1n) is 5.44. The maximum Gasteiger partial charge on any atom is 0.308 e. The largest absolute Gasteiger partial charge is 0.465 e. The van der Waals surface area contributed by atoms with Gasteiger partial charge in [-0.2, -0.15) is 0 Å². The molecule has 0 N–H and O–H groups in total. The second kappa shape index (κ2) is 6.54. The van der Waals surface area contributed by atoms with E-state index in [0.717, 1.165) is 0 Å². The predicted molar refractivity (Wildman–Crippen MR) is 63.3 cm³/mol. The van der Waals surface area contributed by atoms with Crippen LogP contribution in [-0.4, -0.2) is 24.3 Å². The van der Waals surface area contributed by atoms with Crippen LogP contribution in [0.25, 0.3) is 0 Å². The Morgan fingerprint density at radius 3 is 2.44 bits per heavy atom. The fourth-order valence-corrected chi connectivity index (χ4v) is 1.33. The Morgan fingerprint density at radius 1 is 1.11 bits per heavy atom. The van der Waals surface area contributed by atoms with Crippen molar-refractivity contribution in [2.45, 2.75) is 20.3 Å². The highest BCUT2D eigenvalue weighted by Crippen LogP contribution is 2.15. The van der Waals surface area contributed by atoms with Gasteiger partial charge in [-0.05, 0) is 12.1 Å². The van der Waals surface area contributed by atoms with E-state index in [1.54, 1.807) is 18.2 Å². The van der Waals surface area contributed by atoms with E-state index in [-0.39, 0.29) is 18.8 Å². The van der Waals surface area contributed by atoms with Gasteiger partial charge in [-0.25, -0.2) is 0 Å². The lowest BCUT2D eigenvalue weighted by atomic mass is 10.1. The Morgan fingerprint density at radius 2 is 1.83 bits per heavy atom. The van der Waals surface area contributed by atoms with Gasteiger partial charge in [0.2, 0.25) is 0 Å². The second-order valence-corrected chi connectivity index (χ2v) is 3.63. The molecule has 0 aromatic heterocycles. The van der Waals surface area contributed by atoms with E-state index >= 15 is 0 Å². The van der Waals surface area contributed by atoms with Gasteiger partial charge in [0.15, 0.2) is 5.78 Å². The van der Waals surface area contributed by atoms with Crippen molar-refractivity contribution >= 4 is 17.7 Å². The van der Waals surface area contributed by atoms with Gasteiger partial charge in [0, 0.05) is 25.8 Å². The number of benzene rings is 1. The van der Waals surface area contributed by atoms with Crippen LogP contribution in [0.1, 0.15) is 30.6 Å². The highest BCUT2D eigenvalue weighted by Gasteiger charge is 2.08. The quantitative estimate of drug-likeness (QED) is 0.452. The molecule has 0 radical (unpaired) electrons. The highest BCUT2D eigenvalue weighted by atomic mass is 16.5. The minimum atomic E-state index is -0.445. The van der Waals surface area contributed by atoms with Gasteiger partial charge in [0.25, 0.3) is 0 Å². The SMILES string of the molecule is CC(=O)OCCC(=O)c1cccc(OC(C)=O)c1. The number of carbonyl (C=O) groups excluding carboxylic acids is 3. The molecule has 1 aromatic rings. The van der Waals surface area contributed by atoms with Crippen molar-refractivity contribution in [3.8, 4) is 5.75 Å². The van der Waals surface area contributed by atoms with Crippen molar-refractivity contribution in [2.24, 2.45) is 0 Å². The van der Waals surface area contributed by atoms with E-state index in [0.29, 0.717) is 11.3 Å². The number of hydrogen-bond acceptors (Lipinski definition) is 5. The summed E-state index contributed by atoms with van der Waals surface area (Å²) >= 11 is 0. The number of Topliss-reactive ketones (excluding diaryl/α,β-unsaturated/α-hetero) is 1. The standard InChI is InChI=1S/C13H14O5/c1-9(14)17-7-6-13(16)11-4-3-5-12(8-11)18-10(2)15/h3-5,8H,6-7H2,1-2H3. The number of esters is 2. The van der Waals surface area contributed by atoms with Crippen LogP contribution >= 0.6 is 0 Å². The molecule has 0 fully saturated rings. The summed E-state index contributed by atoms with van der Waals surface area (Å²) in [4.78, 5) is 33.1. The van der Waals surface area contributed by atoms with E-state index in [4.69, 9.17) is 4.74 Å². The highest BCUT2D eigenvalue weighted by molar-refractivity contribution is 5.96. The summed E-state index contributed by atoms with van der Waals surface area (Å²) < 4.78 is 9.55. The van der Waals surface area contributed by atoms with Gasteiger partial charge in [0.05, 0.1) is 6.61 Å². The lowest BCUT2D eigenvalue weighted by Gasteiger charge is -2.04. The molecule has 0 saturated carbocycles. The van der Waals surface area contributed by atoms with E-state index in [9.17, 15) is 14.4 Å². The normalized spacial score (nSPS) is 9.67. The molecule has 5 heteroatoms. The summed E-state index contributed by atoms with van der Waals surface area (Å²) in [5.74, 6) is -0.720. The van der Waals surface area contributed by atoms with Crippen molar-refractivity contribution in [1.82, 2.24) is 0 Å². The minimum Gasteiger partial charge on any atom is -0.465 e. The molecule has 96 valence electrons. The van der Waals surface area contributed by atoms with E-state index in [1.165, 1.54) is 19.9 Å². The van der Waals surface area contributed by atoms with E-state index in [2.05, 4.69) is 4.74 Å². The Hall–Kier alpha value is -2.17. The molecule has 0 bridgehead atoms. The first-order chi connectivity index (χ1) is 8.49. The third kappa shape index (κ3) is 4.78. The van der Waals surface area contributed by atoms with Gasteiger partial charge < -0.3 is 9.47 Å². The first-order valence-corrected chi connectivity index (χ1v) is 5.44. The predicted octanol–water partition coefficient (Wildman–Crippen LogP) is 1.75. The van der Waals surface area contributed by atoms with Gasteiger partial charge >= 0.3 is 11.9 Å². The molecular weight excluding hydrogens is 236 g/mol. The lowest BCUT2D eigenvalue weighted by molar-refractivity contribution is -0.140. The van der Waals surface area contributed by atoms with Crippen LogP contribution in [0.15, 0.2) is 24.3 Å². The summed E-state index contributed by atoms with van der Waals surface area (Å²) in [5.41, 5.74) is 0.418. The van der Waals surface area contributed by atoms with Gasteiger partial charge in [-0.3, -0.25) is 14.4 Å². The average Bonchev–Trinajstić information content (AvgIpc) is 2.27. The molecule has 0 amide bonds. The Balaban J connectivity index is 2.62. The van der Waals surface area contributed by atoms with Crippen molar-refractivity contribution in [3.63, 3.8) is 0 Å². The Bertz CT molecular complexity index is 464. The Labute approximate surface area is 105 Å². The zero-order valence-electron chi connectivity index (χ0n) is 10.3. The number of carbonyl (C=O) groups is 3. The molecule has 0 spiro atoms. The number of ketones is 1. The summed E-state index contributed by atoms with van der Waals surface area (Å²) in [6, 6.07) is 6.31. The molecule has 0 aliphatic carbocycles. The molecule has 1 rings (SSSR count). The third-order valence-electron chi connectivity index (χ3n) is 2.05. The summed E-state index contributed by atoms with van der Waals surface area (Å²) in [7, 11) is 0. The monoisotopic (exact) mass is 250 g/mol. The third-order valence-corrected chi connectivity index (χ3v) is 2.05. The van der Waals surface area contributed by atoms with E-state index < -0.39 is 11.9 Å². The van der Waals surface area contributed by atoms with Crippen molar-refractivity contribution in [3.05, 3.63) is 29.8 Å². The molecular formula is C13H14O5. The van der Waals surface area contributed by atoms with Crippen LogP contribution in [0.5, 0.6) is 5.75 Å². The summed E-state index contributed by atoms with van der Waals surface area (Å²) in [6.07, 6.45) is 0.100. The van der Waals surface area contributed by atoms with Crippen molar-refractivity contribution in [2.75, 3.05) is 6.61 Å². The molecule has 5 nitrogen and oxygen atoms in total. The average molecular weight is 250 g/mol. The van der Waals surface area contributed by atoms with Gasteiger partial charge in [0.1, 0.15) is 5.75 Å². The summed E-state index contributed by atoms with van der Waals surface area (Å²) in [5, 5.41) is 0. The van der Waals surface area contributed by atoms with Crippen LogP contribution in [-0.2, 0) is 14.3 Å². The first kappa shape index (κ1) is 13.9. The summed E-state index contributed by atoms with van der Waals surface area (Å²) in [6.45, 7) is 2.62. The van der Waals surface area contributed by atoms with Crippen LogP contribution in [0.3, 0.4) is 0 Å².